The van der Waals surface area contributed by atoms with Crippen LogP contribution >= 0.6 is 10.7 Å². The fourth-order valence-corrected chi connectivity index (χ4v) is 5.53. The number of carbonyl (C=O) groups is 4. The van der Waals surface area contributed by atoms with Crippen LogP contribution in [-0.2, 0) is 31.2 Å². The molecule has 9 nitrogen and oxygen atoms in total. The Morgan fingerprint density at radius 3 is 2.24 bits per heavy atom. The zero-order chi connectivity index (χ0) is 29.9. The van der Waals surface area contributed by atoms with E-state index in [-0.39, 0.29) is 12.2 Å². The molecule has 0 saturated carbocycles. The van der Waals surface area contributed by atoms with Crippen LogP contribution < -0.4 is 10.1 Å². The Bertz CT molecular complexity index is 1360. The minimum absolute atomic E-state index is 0.176. The first-order valence-corrected chi connectivity index (χ1v) is 14.5. The average Bonchev–Trinajstić information content (AvgIpc) is 2.96. The number of rotatable bonds is 11. The van der Waals surface area contributed by atoms with E-state index in [4.69, 9.17) is 15.4 Å². The third-order valence-electron chi connectivity index (χ3n) is 6.10. The highest BCUT2D eigenvalue weighted by atomic mass is 35.7. The molecule has 0 aliphatic carbocycles. The smallest absolute Gasteiger partial charge is 0.330 e. The first kappa shape index (κ1) is 31.4. The monoisotopic (exact) mass is 596 g/mol. The highest BCUT2D eigenvalue weighted by molar-refractivity contribution is 8.14. The maximum atomic E-state index is 12.3. The lowest BCUT2D eigenvalue weighted by Gasteiger charge is -2.46. The maximum absolute atomic E-state index is 12.3. The number of para-hydroxylation sites is 1. The molecule has 0 bridgehead atoms. The fraction of sp³-hybridized carbons (Fsp3) is 0.200. The van der Waals surface area contributed by atoms with Crippen LogP contribution in [0.2, 0.25) is 0 Å². The molecule has 3 aromatic rings. The summed E-state index contributed by atoms with van der Waals surface area (Å²) in [6, 6.07) is 23.9. The van der Waals surface area contributed by atoms with Crippen LogP contribution in [0.3, 0.4) is 0 Å². The zero-order valence-electron chi connectivity index (χ0n) is 22.1. The summed E-state index contributed by atoms with van der Waals surface area (Å²) < 4.78 is 17.0. The van der Waals surface area contributed by atoms with Gasteiger partial charge in [0.05, 0.1) is 10.4 Å². The van der Waals surface area contributed by atoms with Gasteiger partial charge in [0, 0.05) is 5.56 Å². The van der Waals surface area contributed by atoms with Crippen LogP contribution in [0.1, 0.15) is 28.4 Å². The number of likely N-dealkylation sites (tertiary alicyclic amines) is 1. The summed E-state index contributed by atoms with van der Waals surface area (Å²) in [5, 5.41) is 10.5. The number of carbonyl (C=O) groups excluding carboxylic acids is 3. The number of carboxylic acids is 1. The maximum Gasteiger partial charge on any atom is 0.330 e. The SMILES string of the molecule is C=C(C)C(C(=O)O)N1C(=O)C(NC(=O)COc2ccccc2)C1[S+]([O-])Cl.O=Cc1ccccc1Cc1ccccc1. The number of hydrogen-bond donors (Lipinski definition) is 2. The third-order valence-corrected chi connectivity index (χ3v) is 7.52. The van der Waals surface area contributed by atoms with Gasteiger partial charge in [0.1, 0.15) is 12.0 Å². The van der Waals surface area contributed by atoms with Gasteiger partial charge in [-0.2, -0.15) is 0 Å². The number of β-lactam (4-membered cyclic amide) rings is 1. The Morgan fingerprint density at radius 2 is 1.68 bits per heavy atom. The normalized spacial score (nSPS) is 17.1. The molecule has 4 unspecified atom stereocenters. The summed E-state index contributed by atoms with van der Waals surface area (Å²) in [5.74, 6) is -2.18. The van der Waals surface area contributed by atoms with Crippen molar-refractivity contribution in [2.24, 2.45) is 0 Å². The van der Waals surface area contributed by atoms with Crippen molar-refractivity contribution < 1.29 is 33.6 Å². The number of benzene rings is 3. The van der Waals surface area contributed by atoms with E-state index >= 15 is 0 Å². The second-order valence-electron chi connectivity index (χ2n) is 9.10. The lowest BCUT2D eigenvalue weighted by atomic mass is 9.99. The topological polar surface area (TPSA) is 136 Å². The van der Waals surface area contributed by atoms with Crippen molar-refractivity contribution in [2.45, 2.75) is 30.8 Å². The summed E-state index contributed by atoms with van der Waals surface area (Å²) in [5.41, 5.74) is 3.27. The number of nitrogens with zero attached hydrogens (tertiary/aromatic N) is 1. The molecule has 2 amide bonds. The molecule has 4 rings (SSSR count). The van der Waals surface area contributed by atoms with Gasteiger partial charge in [-0.1, -0.05) is 79.4 Å². The molecule has 4 atom stereocenters. The van der Waals surface area contributed by atoms with Gasteiger partial charge in [0.25, 0.3) is 11.8 Å². The Kier molecular flexibility index (Phi) is 11.5. The van der Waals surface area contributed by atoms with E-state index in [1.807, 2.05) is 42.5 Å². The predicted octanol–water partition coefficient (Wildman–Crippen LogP) is 3.74. The lowest BCUT2D eigenvalue weighted by Crippen LogP contribution is -2.75. The van der Waals surface area contributed by atoms with Crippen LogP contribution in [0, 0.1) is 0 Å². The second kappa shape index (κ2) is 15.0. The van der Waals surface area contributed by atoms with E-state index in [1.165, 1.54) is 12.5 Å². The van der Waals surface area contributed by atoms with Crippen molar-refractivity contribution in [3.8, 4) is 5.75 Å². The molecule has 0 aromatic heterocycles. The van der Waals surface area contributed by atoms with Gasteiger partial charge >= 0.3 is 5.97 Å². The average molecular weight is 597 g/mol. The van der Waals surface area contributed by atoms with Gasteiger partial charge in [-0.05, 0) is 42.2 Å². The molecule has 1 aliphatic heterocycles. The first-order chi connectivity index (χ1) is 19.6. The lowest BCUT2D eigenvalue weighted by molar-refractivity contribution is -0.160. The van der Waals surface area contributed by atoms with Crippen LogP contribution in [0.5, 0.6) is 5.75 Å². The van der Waals surface area contributed by atoms with Crippen molar-refractivity contribution in [2.75, 3.05) is 6.61 Å². The number of carboxylic acid groups (broad SMARTS) is 1. The molecule has 1 heterocycles. The standard InChI is InChI=1S/C16H17ClN2O6S.C14H12O/c1-9(2)13(16(22)23)19-14(21)12(15(19)26(17)24)18-11(20)8-25-10-6-4-3-5-7-10;15-11-14-9-5-4-8-13(14)10-12-6-2-1-3-7-12/h3-7,12-13,15H,1,8H2,2H3,(H,18,20)(H,22,23);1-9,11H,10H2. The Labute approximate surface area is 245 Å². The molecule has 11 heteroatoms. The van der Waals surface area contributed by atoms with Crippen molar-refractivity contribution in [1.82, 2.24) is 10.2 Å². The predicted molar refractivity (Wildman–Crippen MR) is 156 cm³/mol. The minimum Gasteiger partial charge on any atom is -0.597 e. The van der Waals surface area contributed by atoms with Crippen molar-refractivity contribution in [3.05, 3.63) is 114 Å². The van der Waals surface area contributed by atoms with Gasteiger partial charge in [0.15, 0.2) is 29.4 Å². The Hall–Kier alpha value is -4.12. The molecular formula is C30H29ClN2O7S. The number of hydrogen-bond acceptors (Lipinski definition) is 6. The van der Waals surface area contributed by atoms with Crippen LogP contribution in [0.4, 0.5) is 0 Å². The number of ether oxygens (including phenoxy) is 1. The summed E-state index contributed by atoms with van der Waals surface area (Å²) in [7, 11) is 3.52. The van der Waals surface area contributed by atoms with Crippen molar-refractivity contribution >= 4 is 45.1 Å². The molecule has 0 radical (unpaired) electrons. The molecule has 1 aliphatic rings. The zero-order valence-corrected chi connectivity index (χ0v) is 23.7. The van der Waals surface area contributed by atoms with Crippen LogP contribution in [0.15, 0.2) is 97.1 Å². The summed E-state index contributed by atoms with van der Waals surface area (Å²) in [6.45, 7) is 4.60. The van der Waals surface area contributed by atoms with Gasteiger partial charge < -0.3 is 19.7 Å². The molecule has 3 aromatic carbocycles. The number of aliphatic carboxylic acids is 1. The van der Waals surface area contributed by atoms with Crippen molar-refractivity contribution in [3.63, 3.8) is 0 Å². The number of aldehydes is 1. The number of amides is 2. The Morgan fingerprint density at radius 1 is 1.10 bits per heavy atom. The first-order valence-electron chi connectivity index (χ1n) is 12.5. The van der Waals surface area contributed by atoms with E-state index in [1.54, 1.807) is 30.3 Å². The molecule has 1 fully saturated rings. The summed E-state index contributed by atoms with van der Waals surface area (Å²) >= 11 is 0. The van der Waals surface area contributed by atoms with E-state index in [2.05, 4.69) is 24.0 Å². The summed E-state index contributed by atoms with van der Waals surface area (Å²) in [6.07, 6.45) is 1.73. The molecule has 2 N–H and O–H groups in total. The summed E-state index contributed by atoms with van der Waals surface area (Å²) in [4.78, 5) is 47.4. The molecule has 214 valence electrons. The molecular weight excluding hydrogens is 568 g/mol. The molecule has 41 heavy (non-hydrogen) atoms. The quantitative estimate of drug-likeness (QED) is 0.149. The van der Waals surface area contributed by atoms with Crippen LogP contribution in [0.25, 0.3) is 0 Å². The second-order valence-corrected chi connectivity index (χ2v) is 11.0. The highest BCUT2D eigenvalue weighted by Crippen LogP contribution is 2.32. The number of nitrogens with one attached hydrogen (secondary N) is 1. The van der Waals surface area contributed by atoms with Gasteiger partial charge in [-0.15, -0.1) is 0 Å². The highest BCUT2D eigenvalue weighted by Gasteiger charge is 2.59. The third kappa shape index (κ3) is 8.43. The molecule has 1 saturated heterocycles. The van der Waals surface area contributed by atoms with E-state index < -0.39 is 45.6 Å². The fourth-order valence-electron chi connectivity index (χ4n) is 4.16. The minimum atomic E-state index is -2.10. The van der Waals surface area contributed by atoms with Gasteiger partial charge in [-0.25, -0.2) is 4.79 Å². The van der Waals surface area contributed by atoms with E-state index in [9.17, 15) is 28.8 Å². The number of halogens is 1. The Balaban J connectivity index is 0.000000260. The van der Waals surface area contributed by atoms with Gasteiger partial charge in [-0.3, -0.25) is 19.3 Å². The van der Waals surface area contributed by atoms with Crippen molar-refractivity contribution in [1.29, 1.82) is 0 Å². The largest absolute Gasteiger partial charge is 0.597 e. The molecule has 0 spiro atoms. The van der Waals surface area contributed by atoms with Gasteiger partial charge in [0.2, 0.25) is 5.37 Å². The van der Waals surface area contributed by atoms with E-state index in [0.717, 1.165) is 28.7 Å². The van der Waals surface area contributed by atoms with E-state index in [0.29, 0.717) is 5.75 Å². The van der Waals surface area contributed by atoms with Crippen LogP contribution in [-0.4, -0.2) is 62.7 Å².